The molecule has 184 valence electrons. The van der Waals surface area contributed by atoms with Crippen molar-refractivity contribution in [2.75, 3.05) is 9.96 Å². The highest BCUT2D eigenvalue weighted by molar-refractivity contribution is 6.31. The summed E-state index contributed by atoms with van der Waals surface area (Å²) in [6, 6.07) is 24.2. The molecule has 1 aromatic heterocycles. The summed E-state index contributed by atoms with van der Waals surface area (Å²) in [7, 11) is 0. The number of halogens is 1. The number of nitrogens with zero attached hydrogens (tertiary/aromatic N) is 3. The Morgan fingerprint density at radius 1 is 0.811 bits per heavy atom. The molecule has 9 nitrogen and oxygen atoms in total. The molecular weight excluding hydrogens is 498 g/mol. The molecule has 37 heavy (non-hydrogen) atoms. The van der Waals surface area contributed by atoms with E-state index in [4.69, 9.17) is 20.9 Å². The van der Waals surface area contributed by atoms with Gasteiger partial charge in [-0.25, -0.2) is 9.96 Å². The van der Waals surface area contributed by atoms with Gasteiger partial charge in [-0.2, -0.15) is 0 Å². The summed E-state index contributed by atoms with van der Waals surface area (Å²) in [6.07, 6.45) is -1.08. The number of furan rings is 1. The number of hydrogen-bond acceptors (Lipinski definition) is 7. The van der Waals surface area contributed by atoms with Crippen LogP contribution in [0.4, 0.5) is 17.1 Å². The number of anilines is 2. The zero-order chi connectivity index (χ0) is 25.7. The molecule has 0 saturated carbocycles. The number of nitro benzene ring substituents is 1. The molecule has 3 heterocycles. The fraction of sp³-hybridized carbons (Fsp3) is 0.111. The van der Waals surface area contributed by atoms with Crippen molar-refractivity contribution in [2.24, 2.45) is 5.92 Å². The largest absolute Gasteiger partial charge is 0.458 e. The lowest BCUT2D eigenvalue weighted by molar-refractivity contribution is -0.384. The van der Waals surface area contributed by atoms with Crippen molar-refractivity contribution < 1.29 is 23.8 Å². The minimum atomic E-state index is -1.08. The van der Waals surface area contributed by atoms with Gasteiger partial charge in [-0.15, -0.1) is 0 Å². The number of rotatable bonds is 5. The lowest BCUT2D eigenvalue weighted by atomic mass is 9.94. The van der Waals surface area contributed by atoms with Crippen LogP contribution in [0.5, 0.6) is 0 Å². The minimum absolute atomic E-state index is 0.107. The molecule has 0 radical (unpaired) electrons. The highest BCUT2D eigenvalue weighted by atomic mass is 35.5. The predicted octanol–water partition coefficient (Wildman–Crippen LogP) is 5.56. The molecule has 4 aromatic rings. The Balaban J connectivity index is 1.43. The molecular formula is C27H18ClN3O6. The molecule has 10 heteroatoms. The maximum Gasteiger partial charge on any atom is 0.280 e. The van der Waals surface area contributed by atoms with Gasteiger partial charge in [-0.05, 0) is 54.6 Å². The van der Waals surface area contributed by atoms with E-state index in [-0.39, 0.29) is 11.4 Å². The Morgan fingerprint density at radius 3 is 2.24 bits per heavy atom. The van der Waals surface area contributed by atoms with Crippen molar-refractivity contribution in [3.63, 3.8) is 0 Å². The van der Waals surface area contributed by atoms with Gasteiger partial charge in [0.2, 0.25) is 5.91 Å². The van der Waals surface area contributed by atoms with Crippen molar-refractivity contribution in [3.8, 4) is 11.3 Å². The van der Waals surface area contributed by atoms with Crippen molar-refractivity contribution >= 4 is 40.5 Å². The number of hydroxylamine groups is 1. The summed E-state index contributed by atoms with van der Waals surface area (Å²) in [5.74, 6) is -1.24. The van der Waals surface area contributed by atoms with Crippen LogP contribution >= 0.6 is 11.6 Å². The van der Waals surface area contributed by atoms with Gasteiger partial charge in [0.15, 0.2) is 6.10 Å². The molecule has 2 aliphatic rings. The van der Waals surface area contributed by atoms with Gasteiger partial charge >= 0.3 is 0 Å². The summed E-state index contributed by atoms with van der Waals surface area (Å²) < 4.78 is 6.12. The third kappa shape index (κ3) is 3.76. The number of imide groups is 1. The standard InChI is InChI=1S/C27H18ClN3O6/c28-16-10-12-17(13-11-16)29-26(32)23-24(30(37-25(23)27(29)33)18-6-2-1-3-7-18)22-15-14-21(36-22)19-8-4-5-9-20(19)31(34)35/h1-15,23-25H/t23-,24+,25-/m0/s1. The first-order chi connectivity index (χ1) is 17.9. The first kappa shape index (κ1) is 23.0. The van der Waals surface area contributed by atoms with Gasteiger partial charge in [0.25, 0.3) is 11.6 Å². The fourth-order valence-electron chi connectivity index (χ4n) is 4.84. The van der Waals surface area contributed by atoms with Crippen LogP contribution in [0.15, 0.2) is 95.4 Å². The maximum absolute atomic E-state index is 13.7. The molecule has 6 rings (SSSR count). The van der Waals surface area contributed by atoms with Crippen LogP contribution in [0.1, 0.15) is 11.8 Å². The second-order valence-electron chi connectivity index (χ2n) is 8.62. The van der Waals surface area contributed by atoms with Gasteiger partial charge in [-0.3, -0.25) is 24.5 Å². The van der Waals surface area contributed by atoms with E-state index in [1.807, 2.05) is 18.2 Å². The van der Waals surface area contributed by atoms with E-state index in [0.717, 1.165) is 4.90 Å². The monoisotopic (exact) mass is 515 g/mol. The Morgan fingerprint density at radius 2 is 1.51 bits per heavy atom. The fourth-order valence-corrected chi connectivity index (χ4v) is 4.97. The Labute approximate surface area is 215 Å². The maximum atomic E-state index is 13.7. The first-order valence-electron chi connectivity index (χ1n) is 11.4. The van der Waals surface area contributed by atoms with E-state index in [1.54, 1.807) is 66.7 Å². The first-order valence-corrected chi connectivity index (χ1v) is 11.8. The molecule has 2 fully saturated rings. The van der Waals surface area contributed by atoms with Crippen LogP contribution in [0.2, 0.25) is 5.02 Å². The molecule has 0 unspecified atom stereocenters. The quantitative estimate of drug-likeness (QED) is 0.194. The lowest BCUT2D eigenvalue weighted by Gasteiger charge is -2.27. The molecule has 0 N–H and O–H groups in total. The van der Waals surface area contributed by atoms with E-state index < -0.39 is 34.8 Å². The molecule has 0 spiro atoms. The topological polar surface area (TPSA) is 106 Å². The summed E-state index contributed by atoms with van der Waals surface area (Å²) in [4.78, 5) is 45.4. The van der Waals surface area contributed by atoms with Gasteiger partial charge in [0.1, 0.15) is 23.5 Å². The second kappa shape index (κ2) is 8.88. The summed E-state index contributed by atoms with van der Waals surface area (Å²) in [5, 5.41) is 13.5. The Bertz CT molecular complexity index is 1520. The number of amides is 2. The molecule has 2 saturated heterocycles. The van der Waals surface area contributed by atoms with Crippen molar-refractivity contribution in [1.29, 1.82) is 0 Å². The van der Waals surface area contributed by atoms with Crippen LogP contribution in [0, 0.1) is 16.0 Å². The number of para-hydroxylation sites is 2. The summed E-state index contributed by atoms with van der Waals surface area (Å²) in [5.41, 5.74) is 1.22. The van der Waals surface area contributed by atoms with Gasteiger partial charge < -0.3 is 4.42 Å². The third-order valence-electron chi connectivity index (χ3n) is 6.50. The van der Waals surface area contributed by atoms with E-state index in [9.17, 15) is 19.7 Å². The average Bonchev–Trinajstić information content (AvgIpc) is 3.60. The molecule has 3 aromatic carbocycles. The second-order valence-corrected chi connectivity index (χ2v) is 9.06. The van der Waals surface area contributed by atoms with E-state index in [0.29, 0.717) is 27.7 Å². The number of nitro groups is 1. The van der Waals surface area contributed by atoms with Crippen LogP contribution in [-0.2, 0) is 14.4 Å². The lowest BCUT2D eigenvalue weighted by Crippen LogP contribution is -2.37. The van der Waals surface area contributed by atoms with Crippen molar-refractivity contribution in [2.45, 2.75) is 12.1 Å². The predicted molar refractivity (Wildman–Crippen MR) is 135 cm³/mol. The van der Waals surface area contributed by atoms with E-state index >= 15 is 0 Å². The minimum Gasteiger partial charge on any atom is -0.458 e. The van der Waals surface area contributed by atoms with Gasteiger partial charge in [0, 0.05) is 11.1 Å². The highest BCUT2D eigenvalue weighted by Gasteiger charge is 2.61. The van der Waals surface area contributed by atoms with Crippen molar-refractivity contribution in [3.05, 3.63) is 112 Å². The molecule has 3 atom stereocenters. The SMILES string of the molecule is O=C1[C@@H]2[C@H](ON(c3ccccc3)[C@@H]2c2ccc(-c3ccccc3[N+](=O)[O-])o2)C(=O)N1c1ccc(Cl)cc1. The number of carbonyl (C=O) groups is 2. The molecule has 0 bridgehead atoms. The summed E-state index contributed by atoms with van der Waals surface area (Å²) >= 11 is 5.99. The van der Waals surface area contributed by atoms with Gasteiger partial charge in [0.05, 0.1) is 21.9 Å². The van der Waals surface area contributed by atoms with E-state index in [2.05, 4.69) is 0 Å². The van der Waals surface area contributed by atoms with Crippen LogP contribution in [0.3, 0.4) is 0 Å². The number of carbonyl (C=O) groups excluding carboxylic acids is 2. The van der Waals surface area contributed by atoms with Crippen LogP contribution < -0.4 is 9.96 Å². The van der Waals surface area contributed by atoms with Crippen LogP contribution in [0.25, 0.3) is 11.3 Å². The smallest absolute Gasteiger partial charge is 0.280 e. The van der Waals surface area contributed by atoms with Crippen LogP contribution in [-0.4, -0.2) is 22.8 Å². The zero-order valence-corrected chi connectivity index (χ0v) is 19.8. The number of benzene rings is 3. The Hall–Kier alpha value is -4.47. The van der Waals surface area contributed by atoms with Gasteiger partial charge in [-0.1, -0.05) is 41.9 Å². The van der Waals surface area contributed by atoms with E-state index in [1.165, 1.54) is 11.1 Å². The zero-order valence-electron chi connectivity index (χ0n) is 19.1. The normalized spacial score (nSPS) is 20.9. The van der Waals surface area contributed by atoms with Crippen molar-refractivity contribution in [1.82, 2.24) is 0 Å². The molecule has 2 aliphatic heterocycles. The Kier molecular flexibility index (Phi) is 5.51. The molecule has 0 aliphatic carbocycles. The average molecular weight is 516 g/mol. The highest BCUT2D eigenvalue weighted by Crippen LogP contribution is 2.48. The number of fused-ring (bicyclic) bond motifs is 1. The third-order valence-corrected chi connectivity index (χ3v) is 6.75. The number of hydrogen-bond donors (Lipinski definition) is 0. The molecule has 2 amide bonds. The summed E-state index contributed by atoms with van der Waals surface area (Å²) in [6.45, 7) is 0.